The summed E-state index contributed by atoms with van der Waals surface area (Å²) in [7, 11) is 3.28. The van der Waals surface area contributed by atoms with Crippen molar-refractivity contribution in [1.82, 2.24) is 24.6 Å². The zero-order chi connectivity index (χ0) is 22.8. The second kappa shape index (κ2) is 8.82. The number of aromatic nitrogens is 3. The topological polar surface area (TPSA) is 89.2 Å². The van der Waals surface area contributed by atoms with Crippen LogP contribution in [-0.4, -0.2) is 44.7 Å². The van der Waals surface area contributed by atoms with Crippen LogP contribution in [-0.2, 0) is 33.0 Å². The number of aryl methyl sites for hydroxylation is 4. The van der Waals surface area contributed by atoms with E-state index in [1.165, 1.54) is 7.05 Å². The van der Waals surface area contributed by atoms with E-state index in [-0.39, 0.29) is 22.9 Å². The molecule has 0 unspecified atom stereocenters. The van der Waals surface area contributed by atoms with Gasteiger partial charge in [-0.25, -0.2) is 0 Å². The fraction of sp³-hybridized carbons (Fsp3) is 0.333. The van der Waals surface area contributed by atoms with Crippen molar-refractivity contribution in [2.24, 2.45) is 7.05 Å². The molecule has 166 valence electrons. The maximum absolute atomic E-state index is 13.2. The monoisotopic (exact) mass is 433 g/mol. The van der Waals surface area contributed by atoms with Gasteiger partial charge < -0.3 is 14.8 Å². The van der Waals surface area contributed by atoms with Gasteiger partial charge in [0.1, 0.15) is 11.3 Å². The molecule has 1 N–H and O–H groups in total. The maximum Gasteiger partial charge on any atom is 0.272 e. The molecule has 3 heterocycles. The minimum atomic E-state index is -0.387. The number of hydrogen-bond donors (Lipinski definition) is 1. The molecular formula is C24H27N5O3. The molecule has 0 fully saturated rings. The summed E-state index contributed by atoms with van der Waals surface area (Å²) in [6, 6.07) is 11.7. The van der Waals surface area contributed by atoms with Crippen LogP contribution in [0.25, 0.3) is 0 Å². The summed E-state index contributed by atoms with van der Waals surface area (Å²) < 4.78 is 3.18. The van der Waals surface area contributed by atoms with E-state index in [0.717, 1.165) is 22.4 Å². The highest BCUT2D eigenvalue weighted by molar-refractivity contribution is 5.96. The Hall–Kier alpha value is -3.68. The highest BCUT2D eigenvalue weighted by Gasteiger charge is 2.29. The van der Waals surface area contributed by atoms with E-state index >= 15 is 0 Å². The highest BCUT2D eigenvalue weighted by Crippen LogP contribution is 2.22. The Bertz CT molecular complexity index is 1230. The van der Waals surface area contributed by atoms with Crippen molar-refractivity contribution in [2.75, 3.05) is 13.6 Å². The molecule has 0 bridgehead atoms. The Morgan fingerprint density at radius 2 is 1.94 bits per heavy atom. The van der Waals surface area contributed by atoms with Gasteiger partial charge >= 0.3 is 0 Å². The molecule has 32 heavy (non-hydrogen) atoms. The number of nitrogens with zero attached hydrogens (tertiary/aromatic N) is 4. The summed E-state index contributed by atoms with van der Waals surface area (Å²) >= 11 is 0. The van der Waals surface area contributed by atoms with Crippen molar-refractivity contribution in [1.29, 1.82) is 0 Å². The Balaban J connectivity index is 1.67. The van der Waals surface area contributed by atoms with Crippen molar-refractivity contribution < 1.29 is 9.59 Å². The molecule has 8 heteroatoms. The zero-order valence-corrected chi connectivity index (χ0v) is 18.6. The van der Waals surface area contributed by atoms with Crippen LogP contribution in [0.1, 0.15) is 43.2 Å². The molecule has 3 aromatic rings. The van der Waals surface area contributed by atoms with Crippen LogP contribution in [0.15, 0.2) is 47.4 Å². The van der Waals surface area contributed by atoms with Crippen molar-refractivity contribution in [3.8, 4) is 0 Å². The van der Waals surface area contributed by atoms with Crippen molar-refractivity contribution in [2.45, 2.75) is 32.9 Å². The molecule has 1 aliphatic rings. The number of carbonyl (C=O) groups excluding carboxylic acids is 2. The Morgan fingerprint density at radius 1 is 1.19 bits per heavy atom. The first-order chi connectivity index (χ1) is 15.4. The van der Waals surface area contributed by atoms with Crippen molar-refractivity contribution >= 4 is 11.8 Å². The van der Waals surface area contributed by atoms with E-state index in [1.54, 1.807) is 33.5 Å². The normalized spacial score (nSPS) is 13.0. The fourth-order valence-electron chi connectivity index (χ4n) is 4.28. The molecule has 0 spiro atoms. The first-order valence-corrected chi connectivity index (χ1v) is 10.7. The average molecular weight is 434 g/mol. The number of rotatable bonds is 5. The summed E-state index contributed by atoms with van der Waals surface area (Å²) in [5, 5.41) is 6.87. The van der Waals surface area contributed by atoms with E-state index in [4.69, 9.17) is 0 Å². The van der Waals surface area contributed by atoms with Gasteiger partial charge in [0, 0.05) is 39.9 Å². The average Bonchev–Trinajstić information content (AvgIpc) is 3.14. The molecule has 0 atom stereocenters. The van der Waals surface area contributed by atoms with Crippen LogP contribution >= 0.6 is 0 Å². The van der Waals surface area contributed by atoms with Gasteiger partial charge in [0.2, 0.25) is 0 Å². The van der Waals surface area contributed by atoms with E-state index in [1.807, 2.05) is 37.3 Å². The summed E-state index contributed by atoms with van der Waals surface area (Å²) in [5.74, 6) is -0.496. The van der Waals surface area contributed by atoms with Crippen LogP contribution in [0, 0.1) is 6.92 Å². The molecule has 0 saturated carbocycles. The first kappa shape index (κ1) is 21.5. The lowest BCUT2D eigenvalue weighted by Crippen LogP contribution is -2.41. The Morgan fingerprint density at radius 3 is 2.59 bits per heavy atom. The largest absolute Gasteiger partial charge is 0.355 e. The molecule has 0 aliphatic carbocycles. The first-order valence-electron chi connectivity index (χ1n) is 10.7. The lowest BCUT2D eigenvalue weighted by Gasteiger charge is -2.30. The van der Waals surface area contributed by atoms with E-state index in [0.29, 0.717) is 38.2 Å². The molecule has 4 rings (SSSR count). The molecule has 2 aromatic heterocycles. The molecule has 0 saturated heterocycles. The summed E-state index contributed by atoms with van der Waals surface area (Å²) in [6.45, 7) is 3.08. The highest BCUT2D eigenvalue weighted by atomic mass is 16.2. The van der Waals surface area contributed by atoms with Gasteiger partial charge in [-0.05, 0) is 42.5 Å². The summed E-state index contributed by atoms with van der Waals surface area (Å²) in [6.07, 6.45) is 2.93. The van der Waals surface area contributed by atoms with Gasteiger partial charge in [-0.3, -0.25) is 19.1 Å². The quantitative estimate of drug-likeness (QED) is 0.663. The van der Waals surface area contributed by atoms with Crippen LogP contribution in [0.5, 0.6) is 0 Å². The van der Waals surface area contributed by atoms with Gasteiger partial charge in [0.25, 0.3) is 17.4 Å². The number of benzene rings is 1. The maximum atomic E-state index is 13.2. The van der Waals surface area contributed by atoms with Gasteiger partial charge in [-0.2, -0.15) is 5.10 Å². The number of carbonyl (C=O) groups is 2. The third kappa shape index (κ3) is 4.08. The van der Waals surface area contributed by atoms with Crippen LogP contribution in [0.2, 0.25) is 0 Å². The smallest absolute Gasteiger partial charge is 0.272 e. The molecule has 1 aromatic carbocycles. The molecule has 2 amide bonds. The lowest BCUT2D eigenvalue weighted by atomic mass is 9.95. The molecule has 0 radical (unpaired) electrons. The third-order valence-electron chi connectivity index (χ3n) is 5.92. The van der Waals surface area contributed by atoms with Gasteiger partial charge in [-0.1, -0.05) is 30.3 Å². The van der Waals surface area contributed by atoms with E-state index in [9.17, 15) is 14.4 Å². The predicted molar refractivity (Wildman–Crippen MR) is 121 cm³/mol. The van der Waals surface area contributed by atoms with Crippen LogP contribution < -0.4 is 10.9 Å². The molecule has 8 nitrogen and oxygen atoms in total. The predicted octanol–water partition coefficient (Wildman–Crippen LogP) is 1.69. The Kier molecular flexibility index (Phi) is 5.94. The van der Waals surface area contributed by atoms with Gasteiger partial charge in [0.05, 0.1) is 5.69 Å². The summed E-state index contributed by atoms with van der Waals surface area (Å²) in [5.41, 5.74) is 3.87. The Labute approximate surface area is 186 Å². The SMILES string of the molecule is CNC(=O)c1c2c(cn(CCc3ccccc3)c1=O)CN(C(=O)c1cc(C)nn1C)CC2. The summed E-state index contributed by atoms with van der Waals surface area (Å²) in [4.78, 5) is 40.6. The minimum absolute atomic E-state index is 0.109. The lowest BCUT2D eigenvalue weighted by molar-refractivity contribution is 0.0722. The standard InChI is InChI=1S/C24H27N5O3/c1-16-13-20(27(3)26-16)23(31)28-12-10-19-18(14-28)15-29(24(32)21(19)22(30)25-2)11-9-17-7-5-4-6-8-17/h4-8,13,15H,9-12,14H2,1-3H3,(H,25,30). The third-order valence-corrected chi connectivity index (χ3v) is 5.92. The van der Waals surface area contributed by atoms with Crippen LogP contribution in [0.4, 0.5) is 0 Å². The number of fused-ring (bicyclic) bond motifs is 1. The van der Waals surface area contributed by atoms with Gasteiger partial charge in [-0.15, -0.1) is 0 Å². The second-order valence-corrected chi connectivity index (χ2v) is 8.09. The van der Waals surface area contributed by atoms with E-state index in [2.05, 4.69) is 10.4 Å². The zero-order valence-electron chi connectivity index (χ0n) is 18.6. The number of amides is 2. The minimum Gasteiger partial charge on any atom is -0.355 e. The van der Waals surface area contributed by atoms with Crippen molar-refractivity contribution in [3.63, 3.8) is 0 Å². The van der Waals surface area contributed by atoms with Crippen molar-refractivity contribution in [3.05, 3.63) is 86.6 Å². The van der Waals surface area contributed by atoms with Gasteiger partial charge in [0.15, 0.2) is 0 Å². The number of pyridine rings is 1. The molecule has 1 aliphatic heterocycles. The number of hydrogen-bond acceptors (Lipinski definition) is 4. The van der Waals surface area contributed by atoms with E-state index < -0.39 is 0 Å². The molecular weight excluding hydrogens is 406 g/mol. The fourth-order valence-corrected chi connectivity index (χ4v) is 4.28. The van der Waals surface area contributed by atoms with Crippen LogP contribution in [0.3, 0.4) is 0 Å². The number of nitrogens with one attached hydrogen (secondary N) is 1. The second-order valence-electron chi connectivity index (χ2n) is 8.09.